The van der Waals surface area contributed by atoms with Crippen LogP contribution in [-0.2, 0) is 20.3 Å². The first kappa shape index (κ1) is 14.0. The molecule has 0 aliphatic carbocycles. The lowest BCUT2D eigenvalue weighted by Gasteiger charge is -2.15. The van der Waals surface area contributed by atoms with Crippen LogP contribution in [0.4, 0.5) is 0 Å². The van der Waals surface area contributed by atoms with E-state index in [2.05, 4.69) is 28.9 Å². The molecule has 2 rings (SSSR count). The van der Waals surface area contributed by atoms with Crippen molar-refractivity contribution in [2.75, 3.05) is 7.05 Å². The second-order valence-electron chi connectivity index (χ2n) is 5.09. The molecule has 0 aliphatic heterocycles. The fraction of sp³-hybridized carbons (Fsp3) is 0.583. The van der Waals surface area contributed by atoms with Crippen molar-refractivity contribution in [3.05, 3.63) is 29.1 Å². The SMILES string of the molecule is CC(C)n1cnn(CN(C)Cc2cnn(C)c2)c1=S. The van der Waals surface area contributed by atoms with Crippen LogP contribution in [0, 0.1) is 4.77 Å². The van der Waals surface area contributed by atoms with Crippen LogP contribution >= 0.6 is 12.2 Å². The lowest BCUT2D eigenvalue weighted by atomic mass is 10.3. The van der Waals surface area contributed by atoms with Gasteiger partial charge in [-0.05, 0) is 33.1 Å². The Labute approximate surface area is 118 Å². The molecule has 2 aromatic heterocycles. The first-order valence-electron chi connectivity index (χ1n) is 6.27. The lowest BCUT2D eigenvalue weighted by Crippen LogP contribution is -2.22. The minimum Gasteiger partial charge on any atom is -0.304 e. The van der Waals surface area contributed by atoms with Crippen molar-refractivity contribution in [3.8, 4) is 0 Å². The number of nitrogens with zero attached hydrogens (tertiary/aromatic N) is 6. The van der Waals surface area contributed by atoms with E-state index in [1.165, 1.54) is 5.56 Å². The quantitative estimate of drug-likeness (QED) is 0.784. The summed E-state index contributed by atoms with van der Waals surface area (Å²) in [5.74, 6) is 0. The predicted molar refractivity (Wildman–Crippen MR) is 76.1 cm³/mol. The van der Waals surface area contributed by atoms with Crippen LogP contribution in [0.2, 0.25) is 0 Å². The maximum absolute atomic E-state index is 5.41. The molecule has 0 amide bonds. The van der Waals surface area contributed by atoms with Gasteiger partial charge in [0.05, 0.1) is 12.9 Å². The highest BCUT2D eigenvalue weighted by Gasteiger charge is 2.08. The van der Waals surface area contributed by atoms with Gasteiger partial charge >= 0.3 is 0 Å². The van der Waals surface area contributed by atoms with Gasteiger partial charge in [0.1, 0.15) is 6.33 Å². The van der Waals surface area contributed by atoms with Gasteiger partial charge in [-0.15, -0.1) is 0 Å². The third-order valence-electron chi connectivity index (χ3n) is 2.90. The molecule has 19 heavy (non-hydrogen) atoms. The third-order valence-corrected chi connectivity index (χ3v) is 3.32. The van der Waals surface area contributed by atoms with Crippen LogP contribution in [0.1, 0.15) is 25.5 Å². The normalized spacial score (nSPS) is 11.7. The van der Waals surface area contributed by atoms with Crippen molar-refractivity contribution in [2.45, 2.75) is 33.1 Å². The van der Waals surface area contributed by atoms with Crippen LogP contribution in [-0.4, -0.2) is 36.1 Å². The lowest BCUT2D eigenvalue weighted by molar-refractivity contribution is 0.243. The fourth-order valence-electron chi connectivity index (χ4n) is 1.95. The van der Waals surface area contributed by atoms with Crippen LogP contribution in [0.25, 0.3) is 0 Å². The van der Waals surface area contributed by atoms with E-state index < -0.39 is 0 Å². The highest BCUT2D eigenvalue weighted by atomic mass is 32.1. The van der Waals surface area contributed by atoms with Crippen LogP contribution in [0.5, 0.6) is 0 Å². The summed E-state index contributed by atoms with van der Waals surface area (Å²) in [7, 11) is 3.97. The fourth-order valence-corrected chi connectivity index (χ4v) is 2.31. The molecule has 2 heterocycles. The number of aryl methyl sites for hydroxylation is 1. The molecule has 0 saturated heterocycles. The number of rotatable bonds is 5. The molecule has 0 spiro atoms. The van der Waals surface area contributed by atoms with Gasteiger partial charge in [-0.2, -0.15) is 10.2 Å². The average molecular weight is 280 g/mol. The van der Waals surface area contributed by atoms with E-state index in [0.29, 0.717) is 12.7 Å². The van der Waals surface area contributed by atoms with Gasteiger partial charge in [0.25, 0.3) is 0 Å². The Morgan fingerprint density at radius 1 is 1.37 bits per heavy atom. The van der Waals surface area contributed by atoms with E-state index in [0.717, 1.165) is 11.3 Å². The minimum atomic E-state index is 0.338. The molecule has 0 fully saturated rings. The zero-order valence-electron chi connectivity index (χ0n) is 11.8. The summed E-state index contributed by atoms with van der Waals surface area (Å²) in [4.78, 5) is 2.16. The summed E-state index contributed by atoms with van der Waals surface area (Å²) < 4.78 is 6.40. The van der Waals surface area contributed by atoms with Crippen LogP contribution in [0.15, 0.2) is 18.7 Å². The zero-order chi connectivity index (χ0) is 14.0. The van der Waals surface area contributed by atoms with E-state index in [1.54, 1.807) is 6.33 Å². The Kier molecular flexibility index (Phi) is 4.16. The highest BCUT2D eigenvalue weighted by Crippen LogP contribution is 2.07. The van der Waals surface area contributed by atoms with E-state index >= 15 is 0 Å². The summed E-state index contributed by atoms with van der Waals surface area (Å²) in [6, 6.07) is 0.338. The van der Waals surface area contributed by atoms with Crippen molar-refractivity contribution in [3.63, 3.8) is 0 Å². The molecule has 0 aromatic carbocycles. The maximum Gasteiger partial charge on any atom is 0.199 e. The molecule has 0 bridgehead atoms. The van der Waals surface area contributed by atoms with Gasteiger partial charge in [-0.1, -0.05) is 0 Å². The Balaban J connectivity index is 2.03. The van der Waals surface area contributed by atoms with Gasteiger partial charge in [-0.25, -0.2) is 4.68 Å². The van der Waals surface area contributed by atoms with Gasteiger partial charge in [-0.3, -0.25) is 9.58 Å². The molecule has 0 atom stereocenters. The van der Waals surface area contributed by atoms with Gasteiger partial charge in [0, 0.05) is 31.4 Å². The molecule has 0 aliphatic rings. The van der Waals surface area contributed by atoms with Crippen molar-refractivity contribution in [2.24, 2.45) is 7.05 Å². The van der Waals surface area contributed by atoms with Crippen molar-refractivity contribution in [1.82, 2.24) is 29.0 Å². The monoisotopic (exact) mass is 280 g/mol. The van der Waals surface area contributed by atoms with E-state index in [4.69, 9.17) is 12.2 Å². The second kappa shape index (κ2) is 5.66. The van der Waals surface area contributed by atoms with E-state index in [1.807, 2.05) is 40.4 Å². The third kappa shape index (κ3) is 3.30. The van der Waals surface area contributed by atoms with Crippen LogP contribution in [0.3, 0.4) is 0 Å². The Morgan fingerprint density at radius 2 is 2.11 bits per heavy atom. The molecular weight excluding hydrogens is 260 g/mol. The zero-order valence-corrected chi connectivity index (χ0v) is 12.6. The molecular formula is C12H20N6S. The predicted octanol–water partition coefficient (Wildman–Crippen LogP) is 1.82. The van der Waals surface area contributed by atoms with Gasteiger partial charge < -0.3 is 4.57 Å². The first-order valence-corrected chi connectivity index (χ1v) is 6.68. The summed E-state index contributed by atoms with van der Waals surface area (Å²) >= 11 is 5.41. The summed E-state index contributed by atoms with van der Waals surface area (Å²) in [5.41, 5.74) is 1.18. The Morgan fingerprint density at radius 3 is 2.63 bits per heavy atom. The summed E-state index contributed by atoms with van der Waals surface area (Å²) in [6.45, 7) is 5.69. The van der Waals surface area contributed by atoms with Crippen LogP contribution < -0.4 is 0 Å². The van der Waals surface area contributed by atoms with Gasteiger partial charge in [0.2, 0.25) is 0 Å². The second-order valence-corrected chi connectivity index (χ2v) is 5.46. The first-order chi connectivity index (χ1) is 8.97. The molecule has 6 nitrogen and oxygen atoms in total. The summed E-state index contributed by atoms with van der Waals surface area (Å²) in [5, 5.41) is 8.50. The number of hydrogen-bond acceptors (Lipinski definition) is 4. The molecule has 7 heteroatoms. The molecule has 0 saturated carbocycles. The number of aromatic nitrogens is 5. The largest absolute Gasteiger partial charge is 0.304 e. The van der Waals surface area contributed by atoms with Gasteiger partial charge in [0.15, 0.2) is 4.77 Å². The van der Waals surface area contributed by atoms with E-state index in [9.17, 15) is 0 Å². The maximum atomic E-state index is 5.41. The van der Waals surface area contributed by atoms with Crippen molar-refractivity contribution in [1.29, 1.82) is 0 Å². The average Bonchev–Trinajstić information content (AvgIpc) is 2.87. The molecule has 2 aromatic rings. The molecule has 0 radical (unpaired) electrons. The number of hydrogen-bond donors (Lipinski definition) is 0. The van der Waals surface area contributed by atoms with Crippen molar-refractivity contribution < 1.29 is 0 Å². The Hall–Kier alpha value is -1.47. The summed E-state index contributed by atoms with van der Waals surface area (Å²) in [6.07, 6.45) is 5.69. The smallest absolute Gasteiger partial charge is 0.199 e. The highest BCUT2D eigenvalue weighted by molar-refractivity contribution is 7.71. The van der Waals surface area contributed by atoms with Crippen molar-refractivity contribution >= 4 is 12.2 Å². The Bertz CT molecular complexity index is 593. The standard InChI is InChI=1S/C12H20N6S/c1-10(2)17-8-14-18(12(17)19)9-15(3)6-11-5-13-16(4)7-11/h5,7-8,10H,6,9H2,1-4H3. The molecule has 104 valence electrons. The minimum absolute atomic E-state index is 0.338. The molecule has 0 unspecified atom stereocenters. The van der Waals surface area contributed by atoms with E-state index in [-0.39, 0.29) is 0 Å². The molecule has 0 N–H and O–H groups in total. The topological polar surface area (TPSA) is 43.8 Å².